The molecule has 9 heteroatoms. The maximum atomic E-state index is 12.8. The van der Waals surface area contributed by atoms with Crippen molar-refractivity contribution in [3.05, 3.63) is 36.0 Å². The van der Waals surface area contributed by atoms with Gasteiger partial charge in [-0.05, 0) is 58.4 Å². The van der Waals surface area contributed by atoms with Gasteiger partial charge in [0.25, 0.3) is 0 Å². The van der Waals surface area contributed by atoms with Gasteiger partial charge in [0.2, 0.25) is 0 Å². The van der Waals surface area contributed by atoms with Gasteiger partial charge < -0.3 is 24.8 Å². The number of piperazine rings is 1. The van der Waals surface area contributed by atoms with Crippen LogP contribution in [0.15, 0.2) is 36.0 Å². The van der Waals surface area contributed by atoms with Gasteiger partial charge in [0, 0.05) is 50.5 Å². The molecule has 3 heterocycles. The summed E-state index contributed by atoms with van der Waals surface area (Å²) < 4.78 is 11.7. The predicted molar refractivity (Wildman–Crippen MR) is 173 cm³/mol. The van der Waals surface area contributed by atoms with Gasteiger partial charge in [0.15, 0.2) is 0 Å². The summed E-state index contributed by atoms with van der Waals surface area (Å²) in [4.78, 5) is 21.8. The van der Waals surface area contributed by atoms with Crippen molar-refractivity contribution in [1.29, 1.82) is 0 Å². The summed E-state index contributed by atoms with van der Waals surface area (Å²) in [5.74, 6) is -0.367. The second kappa shape index (κ2) is 16.8. The van der Waals surface area contributed by atoms with Crippen LogP contribution in [0.2, 0.25) is 0 Å². The van der Waals surface area contributed by atoms with Gasteiger partial charge in [-0.1, -0.05) is 58.1 Å². The summed E-state index contributed by atoms with van der Waals surface area (Å²) in [7, 11) is 0. The number of ether oxygens (including phenoxy) is 2. The Morgan fingerprint density at radius 3 is 2.48 bits per heavy atom. The minimum atomic E-state index is -1.09. The Morgan fingerprint density at radius 1 is 1.16 bits per heavy atom. The maximum absolute atomic E-state index is 12.8. The molecule has 3 aliphatic rings. The lowest BCUT2D eigenvalue weighted by Gasteiger charge is -2.38. The Morgan fingerprint density at radius 2 is 1.84 bits per heavy atom. The van der Waals surface area contributed by atoms with Crippen LogP contribution < -0.4 is 0 Å². The number of carbonyl (C=O) groups is 1. The van der Waals surface area contributed by atoms with Crippen LogP contribution in [0.5, 0.6) is 0 Å². The van der Waals surface area contributed by atoms with E-state index in [1.54, 1.807) is 19.1 Å². The fraction of sp³-hybridized carbons (Fsp3) is 0.800. The molecule has 3 aliphatic heterocycles. The predicted octanol–water partition coefficient (Wildman–Crippen LogP) is 4.42. The van der Waals surface area contributed by atoms with E-state index in [9.17, 15) is 20.1 Å². The van der Waals surface area contributed by atoms with Crippen molar-refractivity contribution in [2.24, 2.45) is 17.8 Å². The number of hydrogen-bond donors (Lipinski definition) is 3. The van der Waals surface area contributed by atoms with Crippen molar-refractivity contribution in [1.82, 2.24) is 9.96 Å². The lowest BCUT2D eigenvalue weighted by atomic mass is 9.91. The van der Waals surface area contributed by atoms with E-state index < -0.39 is 29.9 Å². The van der Waals surface area contributed by atoms with Crippen molar-refractivity contribution in [2.45, 2.75) is 136 Å². The van der Waals surface area contributed by atoms with E-state index in [1.807, 2.05) is 33.8 Å². The Bertz CT molecular complexity index is 988. The highest BCUT2D eigenvalue weighted by Crippen LogP contribution is 2.37. The number of cyclic esters (lactones) is 1. The van der Waals surface area contributed by atoms with E-state index in [1.165, 1.54) is 0 Å². The van der Waals surface area contributed by atoms with Crippen molar-refractivity contribution in [2.75, 3.05) is 26.2 Å². The summed E-state index contributed by atoms with van der Waals surface area (Å²) in [6.45, 7) is 19.8. The Balaban J connectivity index is 1.69. The molecule has 0 saturated carbocycles. The Labute approximate surface area is 265 Å². The Hall–Kier alpha value is -1.59. The van der Waals surface area contributed by atoms with Crippen molar-refractivity contribution >= 4 is 5.97 Å². The minimum Gasteiger partial charge on any atom is -0.457 e. The number of aliphatic hydroxyl groups is 3. The molecule has 9 nitrogen and oxygen atoms in total. The molecule has 0 aromatic carbocycles. The number of carbonyl (C=O) groups excluding carboxylic acids is 1. The minimum absolute atomic E-state index is 0.0267. The number of rotatable bonds is 11. The molecule has 252 valence electrons. The lowest BCUT2D eigenvalue weighted by Crippen LogP contribution is -2.50. The summed E-state index contributed by atoms with van der Waals surface area (Å²) in [5.41, 5.74) is -0.252. The van der Waals surface area contributed by atoms with E-state index in [2.05, 4.69) is 42.9 Å². The molecule has 44 heavy (non-hydrogen) atoms. The zero-order chi connectivity index (χ0) is 32.6. The van der Waals surface area contributed by atoms with E-state index in [4.69, 9.17) is 14.3 Å². The van der Waals surface area contributed by atoms with E-state index >= 15 is 0 Å². The first-order valence-electron chi connectivity index (χ1n) is 16.8. The first-order chi connectivity index (χ1) is 20.7. The fourth-order valence-corrected chi connectivity index (χ4v) is 6.28. The van der Waals surface area contributed by atoms with E-state index in [0.717, 1.165) is 38.2 Å². The first-order valence-corrected chi connectivity index (χ1v) is 16.8. The molecule has 2 fully saturated rings. The SMILES string of the molecule is CCC(O)C(C)C1OC1CC(C)(O)/C=C/C=C(\C)C1OC(=O)CC(O)CCC(C)C(ON2CCN(C(C)C)CC2)/C=C/C1C. The van der Waals surface area contributed by atoms with Crippen LogP contribution in [0.25, 0.3) is 0 Å². The zero-order valence-electron chi connectivity index (χ0n) is 28.4. The highest BCUT2D eigenvalue weighted by atomic mass is 16.7. The highest BCUT2D eigenvalue weighted by Gasteiger charge is 2.47. The summed E-state index contributed by atoms with van der Waals surface area (Å²) in [5, 5.41) is 33.8. The molecule has 0 aromatic heterocycles. The number of aliphatic hydroxyl groups excluding tert-OH is 2. The van der Waals surface area contributed by atoms with Crippen LogP contribution in [0.4, 0.5) is 0 Å². The molecular formula is C35H60N2O7. The van der Waals surface area contributed by atoms with Gasteiger partial charge in [-0.3, -0.25) is 14.5 Å². The third-order valence-corrected chi connectivity index (χ3v) is 9.58. The number of esters is 1. The fourth-order valence-electron chi connectivity index (χ4n) is 6.28. The number of epoxide rings is 1. The summed E-state index contributed by atoms with van der Waals surface area (Å²) >= 11 is 0. The van der Waals surface area contributed by atoms with Gasteiger partial charge in [0.05, 0.1) is 42.5 Å². The molecule has 0 bridgehead atoms. The molecule has 0 aliphatic carbocycles. The second-order valence-corrected chi connectivity index (χ2v) is 14.0. The monoisotopic (exact) mass is 620 g/mol. The van der Waals surface area contributed by atoms with E-state index in [-0.39, 0.29) is 42.5 Å². The average molecular weight is 621 g/mol. The topological polar surface area (TPSA) is 115 Å². The molecule has 3 N–H and O–H groups in total. The average Bonchev–Trinajstić information content (AvgIpc) is 3.73. The Kier molecular flexibility index (Phi) is 14.1. The van der Waals surface area contributed by atoms with Crippen molar-refractivity contribution < 1.29 is 34.4 Å². The smallest absolute Gasteiger partial charge is 0.309 e. The molecule has 2 saturated heterocycles. The summed E-state index contributed by atoms with van der Waals surface area (Å²) in [6, 6.07) is 0.519. The van der Waals surface area contributed by atoms with Crippen LogP contribution in [0.3, 0.4) is 0 Å². The molecule has 0 spiro atoms. The molecular weight excluding hydrogens is 560 g/mol. The van der Waals surface area contributed by atoms with Crippen molar-refractivity contribution in [3.63, 3.8) is 0 Å². The van der Waals surface area contributed by atoms with Crippen LogP contribution in [-0.4, -0.2) is 106 Å². The van der Waals surface area contributed by atoms with Crippen LogP contribution >= 0.6 is 0 Å². The van der Waals surface area contributed by atoms with Gasteiger partial charge in [-0.25, -0.2) is 0 Å². The van der Waals surface area contributed by atoms with Crippen molar-refractivity contribution in [3.8, 4) is 0 Å². The molecule has 0 radical (unpaired) electrons. The number of nitrogens with zero attached hydrogens (tertiary/aromatic N) is 2. The summed E-state index contributed by atoms with van der Waals surface area (Å²) in [6.07, 6.45) is 9.90. The third kappa shape index (κ3) is 11.3. The molecule has 0 aromatic rings. The standard InChI is InChI=1S/C35H60N2O7/c1-9-29(39)27(7)34-31(42-34)22-35(8,41)16-10-11-25(5)33-26(6)13-15-30(24(4)12-14-28(38)21-32(40)43-33)44-37-19-17-36(18-20-37)23(2)3/h10-11,13,15-16,23-24,26-31,33-34,38-39,41H,9,12,14,17-22H2,1-8H3/b15-13+,16-10+,25-11+. The highest BCUT2D eigenvalue weighted by molar-refractivity contribution is 5.70. The van der Waals surface area contributed by atoms with Gasteiger partial charge in [-0.15, -0.1) is 0 Å². The van der Waals surface area contributed by atoms with Crippen LogP contribution in [0.1, 0.15) is 87.5 Å². The normalized spacial score (nSPS) is 35.4. The van der Waals surface area contributed by atoms with E-state index in [0.29, 0.717) is 25.3 Å². The first kappa shape index (κ1) is 36.9. The van der Waals surface area contributed by atoms with Gasteiger partial charge in [-0.2, -0.15) is 5.06 Å². The molecule has 10 atom stereocenters. The molecule has 3 rings (SSSR count). The van der Waals surface area contributed by atoms with Crippen LogP contribution in [0, 0.1) is 17.8 Å². The lowest BCUT2D eigenvalue weighted by molar-refractivity contribution is -0.212. The second-order valence-electron chi connectivity index (χ2n) is 14.0. The third-order valence-electron chi connectivity index (χ3n) is 9.58. The molecule has 0 amide bonds. The quantitative estimate of drug-likeness (QED) is 0.134. The molecule has 10 unspecified atom stereocenters. The largest absolute Gasteiger partial charge is 0.457 e. The van der Waals surface area contributed by atoms with Crippen LogP contribution in [-0.2, 0) is 19.1 Å². The number of hydroxylamine groups is 2. The zero-order valence-corrected chi connectivity index (χ0v) is 28.4. The van der Waals surface area contributed by atoms with Gasteiger partial charge >= 0.3 is 5.97 Å². The maximum Gasteiger partial charge on any atom is 0.309 e. The number of allylic oxidation sites excluding steroid dienone is 2. The van der Waals surface area contributed by atoms with Gasteiger partial charge in [0.1, 0.15) is 6.10 Å². The number of hydrogen-bond acceptors (Lipinski definition) is 9.